The van der Waals surface area contributed by atoms with Gasteiger partial charge in [0.1, 0.15) is 5.82 Å². The van der Waals surface area contributed by atoms with E-state index in [4.69, 9.17) is 5.73 Å². The van der Waals surface area contributed by atoms with Crippen molar-refractivity contribution in [1.82, 2.24) is 10.3 Å². The molecule has 0 saturated carbocycles. The minimum Gasteiger partial charge on any atom is -0.368 e. The number of carbonyl (C=O) groups is 1. The third-order valence-corrected chi connectivity index (χ3v) is 2.83. The maximum atomic E-state index is 11.5. The van der Waals surface area contributed by atoms with E-state index in [0.29, 0.717) is 17.9 Å². The molecule has 2 aromatic rings. The van der Waals surface area contributed by atoms with Crippen LogP contribution in [0.3, 0.4) is 0 Å². The zero-order valence-corrected chi connectivity index (χ0v) is 10.9. The largest absolute Gasteiger partial charge is 0.368 e. The summed E-state index contributed by atoms with van der Waals surface area (Å²) in [6.45, 7) is 4.46. The van der Waals surface area contributed by atoms with Crippen LogP contribution in [0.1, 0.15) is 17.3 Å². The second-order valence-electron chi connectivity index (χ2n) is 4.22. The van der Waals surface area contributed by atoms with Gasteiger partial charge in [0.05, 0.1) is 11.1 Å². The molecule has 5 nitrogen and oxygen atoms in total. The SMILES string of the molecule is CCNCCNc1nc2ccccc2cc1C(N)=O. The van der Waals surface area contributed by atoms with Gasteiger partial charge in [-0.3, -0.25) is 4.79 Å². The lowest BCUT2D eigenvalue weighted by Gasteiger charge is -2.10. The molecule has 4 N–H and O–H groups in total. The predicted octanol–water partition coefficient (Wildman–Crippen LogP) is 1.36. The Labute approximate surface area is 112 Å². The summed E-state index contributed by atoms with van der Waals surface area (Å²) in [6, 6.07) is 9.43. The minimum absolute atomic E-state index is 0.426. The van der Waals surface area contributed by atoms with Crippen LogP contribution in [-0.4, -0.2) is 30.5 Å². The number of anilines is 1. The van der Waals surface area contributed by atoms with E-state index in [0.717, 1.165) is 24.0 Å². The molecule has 0 fully saturated rings. The summed E-state index contributed by atoms with van der Waals surface area (Å²) in [5.74, 6) is 0.0771. The Morgan fingerprint density at radius 1 is 1.32 bits per heavy atom. The molecule has 0 spiro atoms. The van der Waals surface area contributed by atoms with E-state index in [1.54, 1.807) is 6.07 Å². The number of nitrogens with two attached hydrogens (primary N) is 1. The van der Waals surface area contributed by atoms with Crippen molar-refractivity contribution in [3.63, 3.8) is 0 Å². The van der Waals surface area contributed by atoms with E-state index in [2.05, 4.69) is 15.6 Å². The third-order valence-electron chi connectivity index (χ3n) is 2.83. The van der Waals surface area contributed by atoms with Crippen molar-refractivity contribution in [2.45, 2.75) is 6.92 Å². The van der Waals surface area contributed by atoms with Crippen LogP contribution < -0.4 is 16.4 Å². The second kappa shape index (κ2) is 6.15. The van der Waals surface area contributed by atoms with Gasteiger partial charge in [0.25, 0.3) is 5.91 Å². The van der Waals surface area contributed by atoms with Crippen LogP contribution >= 0.6 is 0 Å². The van der Waals surface area contributed by atoms with E-state index in [-0.39, 0.29) is 0 Å². The van der Waals surface area contributed by atoms with Crippen LogP contribution in [0, 0.1) is 0 Å². The molecule has 0 radical (unpaired) electrons. The number of benzene rings is 1. The summed E-state index contributed by atoms with van der Waals surface area (Å²) < 4.78 is 0. The highest BCUT2D eigenvalue weighted by Crippen LogP contribution is 2.19. The fourth-order valence-electron chi connectivity index (χ4n) is 1.88. The molecule has 1 aromatic heterocycles. The van der Waals surface area contributed by atoms with E-state index in [9.17, 15) is 4.79 Å². The highest BCUT2D eigenvalue weighted by molar-refractivity contribution is 6.01. The Bertz CT molecular complexity index is 583. The van der Waals surface area contributed by atoms with Crippen LogP contribution in [0.2, 0.25) is 0 Å². The number of primary amides is 1. The van der Waals surface area contributed by atoms with Gasteiger partial charge in [-0.25, -0.2) is 4.98 Å². The number of pyridine rings is 1. The fraction of sp³-hybridized carbons (Fsp3) is 0.286. The molecule has 19 heavy (non-hydrogen) atoms. The molecule has 0 aliphatic heterocycles. The third kappa shape index (κ3) is 3.20. The number of nitrogens with one attached hydrogen (secondary N) is 2. The number of para-hydroxylation sites is 1. The fourth-order valence-corrected chi connectivity index (χ4v) is 1.88. The average Bonchev–Trinajstić information content (AvgIpc) is 2.42. The Kier molecular flexibility index (Phi) is 4.30. The van der Waals surface area contributed by atoms with Crippen molar-refractivity contribution in [1.29, 1.82) is 0 Å². The van der Waals surface area contributed by atoms with E-state index in [1.807, 2.05) is 31.2 Å². The molecule has 0 aliphatic rings. The smallest absolute Gasteiger partial charge is 0.252 e. The van der Waals surface area contributed by atoms with Crippen LogP contribution in [0.15, 0.2) is 30.3 Å². The number of rotatable bonds is 6. The van der Waals surface area contributed by atoms with Gasteiger partial charge in [-0.05, 0) is 18.7 Å². The maximum absolute atomic E-state index is 11.5. The topological polar surface area (TPSA) is 80.0 Å². The highest BCUT2D eigenvalue weighted by atomic mass is 16.1. The lowest BCUT2D eigenvalue weighted by atomic mass is 10.1. The van der Waals surface area contributed by atoms with Gasteiger partial charge in [-0.1, -0.05) is 25.1 Å². The number of hydrogen-bond donors (Lipinski definition) is 3. The van der Waals surface area contributed by atoms with Crippen molar-refractivity contribution in [2.24, 2.45) is 5.73 Å². The quantitative estimate of drug-likeness (QED) is 0.683. The number of amides is 1. The van der Waals surface area contributed by atoms with Crippen LogP contribution in [0.4, 0.5) is 5.82 Å². The predicted molar refractivity (Wildman–Crippen MR) is 77.3 cm³/mol. The lowest BCUT2D eigenvalue weighted by molar-refractivity contribution is 0.100. The molecule has 0 aliphatic carbocycles. The molecule has 1 aromatic carbocycles. The van der Waals surface area contributed by atoms with Gasteiger partial charge in [0.15, 0.2) is 0 Å². The average molecular weight is 258 g/mol. The number of nitrogens with zero attached hydrogens (tertiary/aromatic N) is 1. The number of likely N-dealkylation sites (N-methyl/N-ethyl adjacent to an activating group) is 1. The first kappa shape index (κ1) is 13.3. The zero-order chi connectivity index (χ0) is 13.7. The van der Waals surface area contributed by atoms with Gasteiger partial charge < -0.3 is 16.4 Å². The number of aromatic nitrogens is 1. The van der Waals surface area contributed by atoms with Crippen molar-refractivity contribution >= 4 is 22.6 Å². The first-order chi connectivity index (χ1) is 9.22. The first-order valence-corrected chi connectivity index (χ1v) is 6.36. The molecule has 100 valence electrons. The summed E-state index contributed by atoms with van der Waals surface area (Å²) >= 11 is 0. The standard InChI is InChI=1S/C14H18N4O/c1-2-16-7-8-17-14-11(13(15)19)9-10-5-3-4-6-12(10)18-14/h3-6,9,16H,2,7-8H2,1H3,(H2,15,19)(H,17,18). The van der Waals surface area contributed by atoms with Crippen molar-refractivity contribution in [3.05, 3.63) is 35.9 Å². The monoisotopic (exact) mass is 258 g/mol. The Morgan fingerprint density at radius 2 is 2.11 bits per heavy atom. The molecule has 2 rings (SSSR count). The van der Waals surface area contributed by atoms with E-state index < -0.39 is 5.91 Å². The van der Waals surface area contributed by atoms with Gasteiger partial charge >= 0.3 is 0 Å². The Morgan fingerprint density at radius 3 is 2.84 bits per heavy atom. The molecule has 5 heteroatoms. The van der Waals surface area contributed by atoms with Crippen LogP contribution in [0.25, 0.3) is 10.9 Å². The van der Waals surface area contributed by atoms with Crippen LogP contribution in [-0.2, 0) is 0 Å². The van der Waals surface area contributed by atoms with Gasteiger partial charge in [0, 0.05) is 18.5 Å². The second-order valence-corrected chi connectivity index (χ2v) is 4.22. The number of fused-ring (bicyclic) bond motifs is 1. The molecular formula is C14H18N4O. The van der Waals surface area contributed by atoms with E-state index in [1.165, 1.54) is 0 Å². The molecule has 1 heterocycles. The molecule has 0 unspecified atom stereocenters. The highest BCUT2D eigenvalue weighted by Gasteiger charge is 2.10. The molecule has 0 bridgehead atoms. The zero-order valence-electron chi connectivity index (χ0n) is 10.9. The van der Waals surface area contributed by atoms with Gasteiger partial charge in [-0.2, -0.15) is 0 Å². The summed E-state index contributed by atoms with van der Waals surface area (Å²) in [4.78, 5) is 15.9. The number of hydrogen-bond acceptors (Lipinski definition) is 4. The molecular weight excluding hydrogens is 240 g/mol. The summed E-state index contributed by atoms with van der Waals surface area (Å²) in [7, 11) is 0. The molecule has 1 amide bonds. The summed E-state index contributed by atoms with van der Waals surface area (Å²) in [6.07, 6.45) is 0. The first-order valence-electron chi connectivity index (χ1n) is 6.36. The van der Waals surface area contributed by atoms with Crippen molar-refractivity contribution in [3.8, 4) is 0 Å². The lowest BCUT2D eigenvalue weighted by Crippen LogP contribution is -2.23. The van der Waals surface area contributed by atoms with Crippen molar-refractivity contribution in [2.75, 3.05) is 25.0 Å². The van der Waals surface area contributed by atoms with Gasteiger partial charge in [0.2, 0.25) is 0 Å². The van der Waals surface area contributed by atoms with Crippen LogP contribution in [0.5, 0.6) is 0 Å². The number of carbonyl (C=O) groups excluding carboxylic acids is 1. The Balaban J connectivity index is 2.28. The molecule has 0 atom stereocenters. The Hall–Kier alpha value is -2.14. The maximum Gasteiger partial charge on any atom is 0.252 e. The van der Waals surface area contributed by atoms with Crippen molar-refractivity contribution < 1.29 is 4.79 Å². The summed E-state index contributed by atoms with van der Waals surface area (Å²) in [5.41, 5.74) is 6.67. The molecule has 0 saturated heterocycles. The normalized spacial score (nSPS) is 10.6. The summed E-state index contributed by atoms with van der Waals surface area (Å²) in [5, 5.41) is 7.26. The van der Waals surface area contributed by atoms with E-state index >= 15 is 0 Å². The van der Waals surface area contributed by atoms with Gasteiger partial charge in [-0.15, -0.1) is 0 Å². The minimum atomic E-state index is -0.468.